The molecule has 2 aromatic rings. The zero-order valence-corrected chi connectivity index (χ0v) is 15.9. The molecule has 3 rings (SSSR count). The largest absolute Gasteiger partial charge is 0.370 e. The third-order valence-electron chi connectivity index (χ3n) is 5.02. The van der Waals surface area contributed by atoms with Gasteiger partial charge in [-0.15, -0.1) is 0 Å². The summed E-state index contributed by atoms with van der Waals surface area (Å²) in [5.74, 6) is -0.808. The summed E-state index contributed by atoms with van der Waals surface area (Å²) >= 11 is 0. The summed E-state index contributed by atoms with van der Waals surface area (Å²) in [5, 5.41) is 5.48. The quantitative estimate of drug-likeness (QED) is 0.816. The van der Waals surface area contributed by atoms with Gasteiger partial charge in [0, 0.05) is 31.5 Å². The molecule has 6 nitrogen and oxygen atoms in total. The Morgan fingerprint density at radius 2 is 1.93 bits per heavy atom. The van der Waals surface area contributed by atoms with Gasteiger partial charge in [-0.25, -0.2) is 0 Å². The lowest BCUT2D eigenvalue weighted by molar-refractivity contribution is -0.136. The van der Waals surface area contributed by atoms with Crippen molar-refractivity contribution >= 4 is 23.2 Å². The molecule has 0 spiro atoms. The monoisotopic (exact) mass is 366 g/mol. The van der Waals surface area contributed by atoms with Gasteiger partial charge in [-0.3, -0.25) is 14.6 Å². The van der Waals surface area contributed by atoms with Crippen LogP contribution in [0, 0.1) is 19.8 Å². The highest BCUT2D eigenvalue weighted by Crippen LogP contribution is 2.22. The number of nitrogens with zero attached hydrogens (tertiary/aromatic N) is 2. The Hall–Kier alpha value is -2.89. The van der Waals surface area contributed by atoms with Crippen molar-refractivity contribution in [2.75, 3.05) is 29.9 Å². The third-order valence-corrected chi connectivity index (χ3v) is 5.02. The highest BCUT2D eigenvalue weighted by atomic mass is 16.2. The Kier molecular flexibility index (Phi) is 6.06. The topological polar surface area (TPSA) is 74.3 Å². The molecule has 0 saturated carbocycles. The van der Waals surface area contributed by atoms with Crippen LogP contribution in [-0.4, -0.2) is 36.4 Å². The van der Waals surface area contributed by atoms with E-state index in [-0.39, 0.29) is 0 Å². The second-order valence-corrected chi connectivity index (χ2v) is 7.12. The van der Waals surface area contributed by atoms with Crippen LogP contribution in [0.2, 0.25) is 0 Å². The number of piperidine rings is 1. The summed E-state index contributed by atoms with van der Waals surface area (Å²) < 4.78 is 0. The Labute approximate surface area is 160 Å². The molecule has 2 amide bonds. The maximum atomic E-state index is 12.1. The molecule has 0 aliphatic carbocycles. The van der Waals surface area contributed by atoms with Crippen LogP contribution < -0.4 is 15.5 Å². The fraction of sp³-hybridized carbons (Fsp3) is 0.381. The molecule has 1 fully saturated rings. The Morgan fingerprint density at radius 1 is 1.15 bits per heavy atom. The average molecular weight is 366 g/mol. The molecule has 1 saturated heterocycles. The van der Waals surface area contributed by atoms with Crippen LogP contribution in [0.15, 0.2) is 42.7 Å². The first kappa shape index (κ1) is 18.9. The molecule has 0 atom stereocenters. The predicted molar refractivity (Wildman–Crippen MR) is 107 cm³/mol. The zero-order chi connectivity index (χ0) is 19.2. The Bertz CT molecular complexity index is 799. The second-order valence-electron chi connectivity index (χ2n) is 7.12. The van der Waals surface area contributed by atoms with Crippen LogP contribution in [0.4, 0.5) is 11.4 Å². The zero-order valence-electron chi connectivity index (χ0n) is 15.9. The van der Waals surface area contributed by atoms with Crippen LogP contribution in [0.25, 0.3) is 0 Å². The number of carbonyl (C=O) groups excluding carboxylic acids is 2. The molecular formula is C21H26N4O2. The van der Waals surface area contributed by atoms with Gasteiger partial charge in [-0.1, -0.05) is 12.1 Å². The van der Waals surface area contributed by atoms with Gasteiger partial charge < -0.3 is 15.5 Å². The third kappa shape index (κ3) is 5.06. The van der Waals surface area contributed by atoms with Gasteiger partial charge in [-0.2, -0.15) is 0 Å². The number of hydrogen-bond acceptors (Lipinski definition) is 4. The Balaban J connectivity index is 1.44. The number of hydrogen-bond donors (Lipinski definition) is 2. The fourth-order valence-electron chi connectivity index (χ4n) is 3.30. The predicted octanol–water partition coefficient (Wildman–Crippen LogP) is 2.67. The number of nitrogens with one attached hydrogen (secondary N) is 2. The lowest BCUT2D eigenvalue weighted by atomic mass is 9.96. The van der Waals surface area contributed by atoms with E-state index in [1.165, 1.54) is 0 Å². The molecule has 0 unspecified atom stereocenters. The number of aryl methyl sites for hydroxylation is 2. The minimum Gasteiger partial charge on any atom is -0.370 e. The number of rotatable bonds is 4. The van der Waals surface area contributed by atoms with Crippen molar-refractivity contribution in [3.05, 3.63) is 53.9 Å². The average Bonchev–Trinajstić information content (AvgIpc) is 2.70. The lowest BCUT2D eigenvalue weighted by Gasteiger charge is -2.33. The minimum atomic E-state index is -0.614. The lowest BCUT2D eigenvalue weighted by Crippen LogP contribution is -2.41. The van der Waals surface area contributed by atoms with Crippen molar-refractivity contribution in [3.8, 4) is 0 Å². The van der Waals surface area contributed by atoms with Gasteiger partial charge in [0.15, 0.2) is 0 Å². The molecule has 1 aliphatic heterocycles. The summed E-state index contributed by atoms with van der Waals surface area (Å²) in [6.45, 7) is 6.25. The maximum Gasteiger partial charge on any atom is 0.313 e. The number of benzene rings is 1. The highest BCUT2D eigenvalue weighted by molar-refractivity contribution is 6.39. The van der Waals surface area contributed by atoms with Crippen molar-refractivity contribution in [2.24, 2.45) is 5.92 Å². The molecule has 0 radical (unpaired) electrons. The Morgan fingerprint density at radius 3 is 2.63 bits per heavy atom. The van der Waals surface area contributed by atoms with E-state index < -0.39 is 11.8 Å². The molecule has 2 heterocycles. The standard InChI is InChI=1S/C21H26N4O2/c1-15-5-6-16(2)19(12-15)24-21(27)20(26)23-13-17-7-10-25(11-8-17)18-4-3-9-22-14-18/h3-6,9,12,14,17H,7-8,10-11,13H2,1-2H3,(H,23,26)(H,24,27). The van der Waals surface area contributed by atoms with Crippen molar-refractivity contribution in [1.29, 1.82) is 0 Å². The van der Waals surface area contributed by atoms with Gasteiger partial charge in [-0.05, 0) is 61.9 Å². The molecule has 2 N–H and O–H groups in total. The van der Waals surface area contributed by atoms with Crippen LogP contribution in [0.1, 0.15) is 24.0 Å². The number of amides is 2. The molecule has 1 aliphatic rings. The second kappa shape index (κ2) is 8.66. The summed E-state index contributed by atoms with van der Waals surface area (Å²) in [5.41, 5.74) is 3.79. The van der Waals surface area contributed by atoms with Crippen LogP contribution in [0.3, 0.4) is 0 Å². The van der Waals surface area contributed by atoms with Gasteiger partial charge in [0.1, 0.15) is 0 Å². The van der Waals surface area contributed by atoms with Crippen molar-refractivity contribution in [2.45, 2.75) is 26.7 Å². The van der Waals surface area contributed by atoms with E-state index in [0.717, 1.165) is 42.7 Å². The van der Waals surface area contributed by atoms with Gasteiger partial charge in [0.2, 0.25) is 0 Å². The number of aromatic nitrogens is 1. The van der Waals surface area contributed by atoms with E-state index in [2.05, 4.69) is 26.6 Å². The fourth-order valence-corrected chi connectivity index (χ4v) is 3.30. The first-order chi connectivity index (χ1) is 13.0. The summed E-state index contributed by atoms with van der Waals surface area (Å²) in [7, 11) is 0. The first-order valence-electron chi connectivity index (χ1n) is 9.34. The first-order valence-corrected chi connectivity index (χ1v) is 9.34. The van der Waals surface area contributed by atoms with E-state index in [4.69, 9.17) is 0 Å². The molecular weight excluding hydrogens is 340 g/mol. The van der Waals surface area contributed by atoms with Crippen LogP contribution in [0.5, 0.6) is 0 Å². The summed E-state index contributed by atoms with van der Waals surface area (Å²) in [6, 6.07) is 9.78. The van der Waals surface area contributed by atoms with E-state index in [1.807, 2.05) is 44.3 Å². The molecule has 142 valence electrons. The molecule has 1 aromatic carbocycles. The molecule has 27 heavy (non-hydrogen) atoms. The minimum absolute atomic E-state index is 0.385. The maximum absolute atomic E-state index is 12.1. The summed E-state index contributed by atoms with van der Waals surface area (Å²) in [6.07, 6.45) is 5.61. The van der Waals surface area contributed by atoms with Crippen molar-refractivity contribution < 1.29 is 9.59 Å². The van der Waals surface area contributed by atoms with Gasteiger partial charge in [0.25, 0.3) is 0 Å². The molecule has 1 aromatic heterocycles. The van der Waals surface area contributed by atoms with Crippen LogP contribution >= 0.6 is 0 Å². The van der Waals surface area contributed by atoms with Crippen molar-refractivity contribution in [1.82, 2.24) is 10.3 Å². The van der Waals surface area contributed by atoms with E-state index in [0.29, 0.717) is 18.2 Å². The molecule has 0 bridgehead atoms. The normalized spacial score (nSPS) is 14.7. The smallest absolute Gasteiger partial charge is 0.313 e. The van der Waals surface area contributed by atoms with Crippen molar-refractivity contribution in [3.63, 3.8) is 0 Å². The van der Waals surface area contributed by atoms with E-state index >= 15 is 0 Å². The number of anilines is 2. The molecule has 6 heteroatoms. The summed E-state index contributed by atoms with van der Waals surface area (Å²) in [4.78, 5) is 30.7. The number of pyridine rings is 1. The van der Waals surface area contributed by atoms with E-state index in [1.54, 1.807) is 6.20 Å². The highest BCUT2D eigenvalue weighted by Gasteiger charge is 2.21. The van der Waals surface area contributed by atoms with E-state index in [9.17, 15) is 9.59 Å². The van der Waals surface area contributed by atoms with Gasteiger partial charge in [0.05, 0.1) is 11.9 Å². The van der Waals surface area contributed by atoms with Crippen LogP contribution in [-0.2, 0) is 9.59 Å². The number of carbonyl (C=O) groups is 2. The van der Waals surface area contributed by atoms with Gasteiger partial charge >= 0.3 is 11.8 Å². The SMILES string of the molecule is Cc1ccc(C)c(NC(=O)C(=O)NCC2CCN(c3cccnc3)CC2)c1.